The third kappa shape index (κ3) is 10.7. The van der Waals surface area contributed by atoms with Gasteiger partial charge in [0, 0.05) is 0 Å². The number of hydrogen-bond acceptors (Lipinski definition) is 8. The van der Waals surface area contributed by atoms with Gasteiger partial charge in [0.05, 0.1) is 37.3 Å². The number of aliphatic hydroxyl groups is 3. The number of amides is 3. The molecule has 6 atom stereocenters. The monoisotopic (exact) mass is 510 g/mol. The largest absolute Gasteiger partial charge is 0.480 e. The summed E-state index contributed by atoms with van der Waals surface area (Å²) in [5.74, 6) is -3.22. The van der Waals surface area contributed by atoms with Crippen molar-refractivity contribution < 1.29 is 39.6 Å². The quantitative estimate of drug-likeness (QED) is 0.142. The topological polar surface area (TPSA) is 211 Å². The smallest absolute Gasteiger partial charge is 0.325 e. The molecule has 0 saturated carbocycles. The van der Waals surface area contributed by atoms with E-state index in [0.717, 1.165) is 0 Å². The second kappa shape index (κ2) is 15.1. The molecule has 0 aliphatic heterocycles. The Bertz CT molecular complexity index is 867. The van der Waals surface area contributed by atoms with Gasteiger partial charge in [0.1, 0.15) is 6.04 Å². The average molecular weight is 511 g/mol. The van der Waals surface area contributed by atoms with Gasteiger partial charge in [0.2, 0.25) is 11.8 Å². The summed E-state index contributed by atoms with van der Waals surface area (Å²) in [6.45, 7) is 4.53. The van der Waals surface area contributed by atoms with E-state index in [9.17, 15) is 34.5 Å². The van der Waals surface area contributed by atoms with Crippen molar-refractivity contribution in [2.24, 2.45) is 11.7 Å². The van der Waals surface area contributed by atoms with Gasteiger partial charge < -0.3 is 42.1 Å². The maximum Gasteiger partial charge on any atom is 0.325 e. The van der Waals surface area contributed by atoms with Crippen molar-refractivity contribution >= 4 is 23.7 Å². The second-order valence-electron chi connectivity index (χ2n) is 9.18. The van der Waals surface area contributed by atoms with Crippen LogP contribution in [0.4, 0.5) is 0 Å². The molecule has 0 spiro atoms. The van der Waals surface area contributed by atoms with E-state index in [-0.39, 0.29) is 18.8 Å². The zero-order chi connectivity index (χ0) is 27.4. The molecule has 0 unspecified atom stereocenters. The van der Waals surface area contributed by atoms with Gasteiger partial charge in [0.25, 0.3) is 5.91 Å². The first-order chi connectivity index (χ1) is 16.8. The number of rotatable bonds is 15. The molecule has 0 heterocycles. The molecule has 0 bridgehead atoms. The highest BCUT2D eigenvalue weighted by Gasteiger charge is 2.30. The summed E-state index contributed by atoms with van der Waals surface area (Å²) >= 11 is 0. The van der Waals surface area contributed by atoms with E-state index in [1.54, 1.807) is 30.3 Å². The number of nitrogens with one attached hydrogen (secondary N) is 3. The Kier molecular flexibility index (Phi) is 13.0. The number of carboxylic acid groups (broad SMARTS) is 1. The van der Waals surface area contributed by atoms with E-state index in [4.69, 9.17) is 10.8 Å². The Labute approximate surface area is 210 Å². The molecule has 0 fully saturated rings. The minimum atomic E-state index is -1.94. The molecule has 36 heavy (non-hydrogen) atoms. The SMILES string of the molecule is CC(C)C[C@H](N)C(=O)N[C@@H](CO)C[C@@H](O)[C@H](O)C(=O)N[C@@H](CC(=O)N[C@@H](C)C(=O)O)c1ccccc1. The van der Waals surface area contributed by atoms with E-state index in [1.165, 1.54) is 6.92 Å². The molecule has 0 aliphatic rings. The summed E-state index contributed by atoms with van der Waals surface area (Å²) in [5.41, 5.74) is 6.34. The normalized spacial score (nSPS) is 16.2. The molecule has 12 nitrogen and oxygen atoms in total. The highest BCUT2D eigenvalue weighted by atomic mass is 16.4. The predicted octanol–water partition coefficient (Wildman–Crippen LogP) is -1.21. The van der Waals surface area contributed by atoms with Crippen molar-refractivity contribution in [1.82, 2.24) is 16.0 Å². The third-order valence-electron chi connectivity index (χ3n) is 5.44. The van der Waals surface area contributed by atoms with Gasteiger partial charge >= 0.3 is 5.97 Å². The van der Waals surface area contributed by atoms with Crippen molar-refractivity contribution in [2.75, 3.05) is 6.61 Å². The van der Waals surface area contributed by atoms with E-state index >= 15 is 0 Å². The lowest BCUT2D eigenvalue weighted by molar-refractivity contribution is -0.141. The number of hydrogen-bond donors (Lipinski definition) is 8. The summed E-state index contributed by atoms with van der Waals surface area (Å²) in [5, 5.41) is 46.6. The Balaban J connectivity index is 2.83. The van der Waals surface area contributed by atoms with Crippen molar-refractivity contribution in [2.45, 2.75) is 76.4 Å². The fourth-order valence-corrected chi connectivity index (χ4v) is 3.44. The minimum Gasteiger partial charge on any atom is -0.480 e. The van der Waals surface area contributed by atoms with Crippen LogP contribution in [0.5, 0.6) is 0 Å². The molecule has 9 N–H and O–H groups in total. The molecular weight excluding hydrogens is 472 g/mol. The molecule has 1 aromatic carbocycles. The lowest BCUT2D eigenvalue weighted by atomic mass is 10.00. The van der Waals surface area contributed by atoms with Crippen LogP contribution in [0, 0.1) is 5.92 Å². The van der Waals surface area contributed by atoms with Crippen LogP contribution in [-0.2, 0) is 19.2 Å². The first kappa shape index (κ1) is 31.0. The van der Waals surface area contributed by atoms with Gasteiger partial charge in [-0.15, -0.1) is 0 Å². The van der Waals surface area contributed by atoms with Gasteiger partial charge in [-0.3, -0.25) is 19.2 Å². The van der Waals surface area contributed by atoms with E-state index in [1.807, 2.05) is 13.8 Å². The number of carboxylic acids is 1. The Morgan fingerprint density at radius 1 is 0.917 bits per heavy atom. The Morgan fingerprint density at radius 3 is 2.06 bits per heavy atom. The molecule has 0 aliphatic carbocycles. The standard InChI is InChI=1S/C24H38N4O8/c1-13(2)9-17(25)22(33)27-16(12-29)10-19(30)21(32)23(34)28-18(15-7-5-4-6-8-15)11-20(31)26-14(3)24(35)36/h4-8,13-14,16-19,21,29-30,32H,9-12,25H2,1-3H3,(H,26,31)(H,27,33)(H,28,34)(H,35,36)/t14-,16+,17-,18-,19+,21-/m0/s1. The lowest BCUT2D eigenvalue weighted by Crippen LogP contribution is -2.51. The van der Waals surface area contributed by atoms with Crippen LogP contribution >= 0.6 is 0 Å². The van der Waals surface area contributed by atoms with Crippen molar-refractivity contribution in [3.8, 4) is 0 Å². The number of nitrogens with two attached hydrogens (primary N) is 1. The third-order valence-corrected chi connectivity index (χ3v) is 5.44. The number of aliphatic carboxylic acids is 1. The van der Waals surface area contributed by atoms with Crippen LogP contribution in [0.15, 0.2) is 30.3 Å². The molecule has 0 radical (unpaired) electrons. The molecular formula is C24H38N4O8. The minimum absolute atomic E-state index is 0.168. The number of benzene rings is 1. The molecule has 1 aromatic rings. The fraction of sp³-hybridized carbons (Fsp3) is 0.583. The molecule has 0 saturated heterocycles. The Morgan fingerprint density at radius 2 is 1.53 bits per heavy atom. The summed E-state index contributed by atoms with van der Waals surface area (Å²) in [7, 11) is 0. The number of aliphatic hydroxyl groups excluding tert-OH is 3. The summed E-state index contributed by atoms with van der Waals surface area (Å²) in [6.07, 6.45) is -3.83. The number of carbonyl (C=O) groups is 4. The number of carbonyl (C=O) groups excluding carboxylic acids is 3. The summed E-state index contributed by atoms with van der Waals surface area (Å²) in [6, 6.07) is 4.52. The fourth-order valence-electron chi connectivity index (χ4n) is 3.44. The van der Waals surface area contributed by atoms with Gasteiger partial charge in [-0.2, -0.15) is 0 Å². The second-order valence-corrected chi connectivity index (χ2v) is 9.18. The Hall–Kier alpha value is -3.06. The van der Waals surface area contributed by atoms with Crippen molar-refractivity contribution in [3.05, 3.63) is 35.9 Å². The van der Waals surface area contributed by atoms with Crippen LogP contribution in [-0.4, -0.2) is 81.1 Å². The molecule has 0 aromatic heterocycles. The van der Waals surface area contributed by atoms with Gasteiger partial charge in [0.15, 0.2) is 6.10 Å². The van der Waals surface area contributed by atoms with Gasteiger partial charge in [-0.05, 0) is 31.2 Å². The summed E-state index contributed by atoms with van der Waals surface area (Å²) < 4.78 is 0. The highest BCUT2D eigenvalue weighted by molar-refractivity contribution is 5.85. The molecule has 1 rings (SSSR count). The van der Waals surface area contributed by atoms with Crippen LogP contribution in [0.3, 0.4) is 0 Å². The molecule has 3 amide bonds. The van der Waals surface area contributed by atoms with Crippen LogP contribution in [0.1, 0.15) is 51.6 Å². The predicted molar refractivity (Wildman–Crippen MR) is 130 cm³/mol. The molecule has 202 valence electrons. The van der Waals surface area contributed by atoms with Gasteiger partial charge in [-0.1, -0.05) is 44.2 Å². The first-order valence-corrected chi connectivity index (χ1v) is 11.8. The van der Waals surface area contributed by atoms with E-state index in [2.05, 4.69) is 16.0 Å². The highest BCUT2D eigenvalue weighted by Crippen LogP contribution is 2.18. The van der Waals surface area contributed by atoms with Gasteiger partial charge in [-0.25, -0.2) is 0 Å². The van der Waals surface area contributed by atoms with E-state index < -0.39 is 66.7 Å². The lowest BCUT2D eigenvalue weighted by Gasteiger charge is -2.26. The zero-order valence-electron chi connectivity index (χ0n) is 20.8. The maximum atomic E-state index is 12.7. The van der Waals surface area contributed by atoms with Crippen LogP contribution < -0.4 is 21.7 Å². The van der Waals surface area contributed by atoms with Crippen molar-refractivity contribution in [1.29, 1.82) is 0 Å². The average Bonchev–Trinajstić information content (AvgIpc) is 2.82. The van der Waals surface area contributed by atoms with Crippen LogP contribution in [0.2, 0.25) is 0 Å². The first-order valence-electron chi connectivity index (χ1n) is 11.8. The maximum absolute atomic E-state index is 12.7. The van der Waals surface area contributed by atoms with E-state index in [0.29, 0.717) is 12.0 Å². The molecule has 12 heteroatoms. The van der Waals surface area contributed by atoms with Crippen molar-refractivity contribution in [3.63, 3.8) is 0 Å². The zero-order valence-corrected chi connectivity index (χ0v) is 20.8. The van der Waals surface area contributed by atoms with Crippen LogP contribution in [0.25, 0.3) is 0 Å². The summed E-state index contributed by atoms with van der Waals surface area (Å²) in [4.78, 5) is 48.2.